The average molecular weight is 284 g/mol. The summed E-state index contributed by atoms with van der Waals surface area (Å²) in [4.78, 5) is 12.2. The van der Waals surface area contributed by atoms with Crippen LogP contribution in [0.25, 0.3) is 5.69 Å². The van der Waals surface area contributed by atoms with Crippen LogP contribution in [0.1, 0.15) is 19.3 Å². The fourth-order valence-electron chi connectivity index (χ4n) is 3.17. The van der Waals surface area contributed by atoms with E-state index in [4.69, 9.17) is 9.47 Å². The molecular weight excluding hydrogens is 268 g/mol. The number of benzene rings is 1. The first-order valence-corrected chi connectivity index (χ1v) is 7.27. The Balaban J connectivity index is 1.44. The van der Waals surface area contributed by atoms with Gasteiger partial charge in [0.05, 0.1) is 23.8 Å². The van der Waals surface area contributed by atoms with E-state index in [1.165, 1.54) is 0 Å². The van der Waals surface area contributed by atoms with Gasteiger partial charge in [-0.2, -0.15) is 5.10 Å². The number of esters is 1. The lowest BCUT2D eigenvalue weighted by molar-refractivity contribution is -0.140. The van der Waals surface area contributed by atoms with E-state index in [0.29, 0.717) is 5.75 Å². The summed E-state index contributed by atoms with van der Waals surface area (Å²) in [6, 6.07) is 9.22. The Labute approximate surface area is 122 Å². The van der Waals surface area contributed by atoms with E-state index < -0.39 is 0 Å². The SMILES string of the molecule is O=C(Oc1ccc(-n2cccn2)cc1)[C@@H]1C[C@H]2CC[C@H]1O2. The molecule has 4 rings (SSSR count). The van der Waals surface area contributed by atoms with E-state index >= 15 is 0 Å². The van der Waals surface area contributed by atoms with Gasteiger partial charge in [-0.05, 0) is 49.6 Å². The molecule has 2 bridgehead atoms. The maximum Gasteiger partial charge on any atom is 0.317 e. The lowest BCUT2D eigenvalue weighted by Crippen LogP contribution is -2.29. The lowest BCUT2D eigenvalue weighted by Gasteiger charge is -2.17. The third kappa shape index (κ3) is 2.34. The molecule has 0 unspecified atom stereocenters. The second-order valence-corrected chi connectivity index (χ2v) is 5.58. The van der Waals surface area contributed by atoms with Crippen LogP contribution in [0.4, 0.5) is 0 Å². The normalized spacial score (nSPS) is 27.0. The molecule has 0 amide bonds. The zero-order chi connectivity index (χ0) is 14.2. The van der Waals surface area contributed by atoms with Gasteiger partial charge < -0.3 is 9.47 Å². The summed E-state index contributed by atoms with van der Waals surface area (Å²) < 4.78 is 12.9. The van der Waals surface area contributed by atoms with Crippen molar-refractivity contribution in [3.63, 3.8) is 0 Å². The van der Waals surface area contributed by atoms with Crippen LogP contribution in [0.2, 0.25) is 0 Å². The second-order valence-electron chi connectivity index (χ2n) is 5.58. The van der Waals surface area contributed by atoms with Gasteiger partial charge >= 0.3 is 5.97 Å². The van der Waals surface area contributed by atoms with Crippen molar-refractivity contribution in [2.75, 3.05) is 0 Å². The zero-order valence-corrected chi connectivity index (χ0v) is 11.5. The van der Waals surface area contributed by atoms with E-state index in [0.717, 1.165) is 24.9 Å². The second kappa shape index (κ2) is 5.00. The third-order valence-corrected chi connectivity index (χ3v) is 4.23. The zero-order valence-electron chi connectivity index (χ0n) is 11.5. The molecule has 5 nitrogen and oxygen atoms in total. The number of ether oxygens (including phenoxy) is 2. The average Bonchev–Trinajstić information content (AvgIpc) is 3.25. The number of nitrogens with zero attached hydrogens (tertiary/aromatic N) is 2. The molecule has 1 aromatic carbocycles. The summed E-state index contributed by atoms with van der Waals surface area (Å²) in [6.45, 7) is 0. The number of hydrogen-bond acceptors (Lipinski definition) is 4. The summed E-state index contributed by atoms with van der Waals surface area (Å²) in [5.41, 5.74) is 0.933. The fourth-order valence-corrected chi connectivity index (χ4v) is 3.17. The number of fused-ring (bicyclic) bond motifs is 2. The van der Waals surface area contributed by atoms with Gasteiger partial charge in [0.2, 0.25) is 0 Å². The predicted octanol–water partition coefficient (Wildman–Crippen LogP) is 2.35. The van der Waals surface area contributed by atoms with E-state index in [1.807, 2.05) is 24.4 Å². The first-order valence-electron chi connectivity index (χ1n) is 7.27. The van der Waals surface area contributed by atoms with Gasteiger partial charge in [-0.1, -0.05) is 0 Å². The molecule has 108 valence electrons. The molecule has 3 heterocycles. The minimum absolute atomic E-state index is 0.0610. The Morgan fingerprint density at radius 1 is 1.29 bits per heavy atom. The molecule has 0 radical (unpaired) electrons. The molecule has 2 fully saturated rings. The smallest absolute Gasteiger partial charge is 0.317 e. The highest BCUT2D eigenvalue weighted by Gasteiger charge is 2.45. The summed E-state index contributed by atoms with van der Waals surface area (Å²) >= 11 is 0. The molecule has 3 atom stereocenters. The van der Waals surface area contributed by atoms with Crippen molar-refractivity contribution < 1.29 is 14.3 Å². The molecular formula is C16H16N2O3. The summed E-state index contributed by atoms with van der Waals surface area (Å²) in [5, 5.41) is 4.16. The topological polar surface area (TPSA) is 53.4 Å². The van der Waals surface area contributed by atoms with Crippen LogP contribution in [0.15, 0.2) is 42.7 Å². The van der Waals surface area contributed by atoms with Crippen molar-refractivity contribution >= 4 is 5.97 Å². The van der Waals surface area contributed by atoms with Gasteiger partial charge in [-0.3, -0.25) is 4.79 Å². The van der Waals surface area contributed by atoms with E-state index in [1.54, 1.807) is 23.0 Å². The lowest BCUT2D eigenvalue weighted by atomic mass is 9.89. The Morgan fingerprint density at radius 2 is 2.14 bits per heavy atom. The molecule has 21 heavy (non-hydrogen) atoms. The van der Waals surface area contributed by atoms with Gasteiger partial charge in [-0.25, -0.2) is 4.68 Å². The molecule has 0 N–H and O–H groups in total. The van der Waals surface area contributed by atoms with E-state index in [-0.39, 0.29) is 24.1 Å². The molecule has 2 aliphatic heterocycles. The van der Waals surface area contributed by atoms with Gasteiger partial charge in [0.1, 0.15) is 5.75 Å². The van der Waals surface area contributed by atoms with Gasteiger partial charge in [0.25, 0.3) is 0 Å². The van der Waals surface area contributed by atoms with Crippen LogP contribution in [0.3, 0.4) is 0 Å². The maximum absolute atomic E-state index is 12.2. The molecule has 0 spiro atoms. The third-order valence-electron chi connectivity index (χ3n) is 4.23. The highest BCUT2D eigenvalue weighted by atomic mass is 16.5. The fraction of sp³-hybridized carbons (Fsp3) is 0.375. The quantitative estimate of drug-likeness (QED) is 0.641. The minimum atomic E-state index is -0.172. The van der Waals surface area contributed by atoms with Crippen LogP contribution in [-0.2, 0) is 9.53 Å². The molecule has 0 aliphatic carbocycles. The van der Waals surface area contributed by atoms with Crippen molar-refractivity contribution in [3.8, 4) is 11.4 Å². The van der Waals surface area contributed by atoms with Crippen LogP contribution in [0.5, 0.6) is 5.75 Å². The number of carbonyl (C=O) groups excluding carboxylic acids is 1. The monoisotopic (exact) mass is 284 g/mol. The number of aromatic nitrogens is 2. The van der Waals surface area contributed by atoms with E-state index in [9.17, 15) is 4.79 Å². The summed E-state index contributed by atoms with van der Waals surface area (Å²) in [5.74, 6) is 0.294. The molecule has 2 aliphatic rings. The van der Waals surface area contributed by atoms with E-state index in [2.05, 4.69) is 5.10 Å². The standard InChI is InChI=1S/C16H16N2O3/c19-16(14-10-13-6-7-15(14)20-13)21-12-4-2-11(3-5-12)18-9-1-8-17-18/h1-5,8-9,13-15H,6-7,10H2/t13-,14-,15-/m1/s1. The van der Waals surface area contributed by atoms with Crippen LogP contribution < -0.4 is 4.74 Å². The first-order chi connectivity index (χ1) is 10.3. The molecule has 5 heteroatoms. The molecule has 0 saturated carbocycles. The Hall–Kier alpha value is -2.14. The van der Waals surface area contributed by atoms with Crippen molar-refractivity contribution in [2.24, 2.45) is 5.92 Å². The highest BCUT2D eigenvalue weighted by Crippen LogP contribution is 2.39. The van der Waals surface area contributed by atoms with Gasteiger partial charge in [-0.15, -0.1) is 0 Å². The van der Waals surface area contributed by atoms with Crippen LogP contribution in [0, 0.1) is 5.92 Å². The van der Waals surface area contributed by atoms with Gasteiger partial charge in [0, 0.05) is 12.4 Å². The van der Waals surface area contributed by atoms with Crippen LogP contribution >= 0.6 is 0 Å². The minimum Gasteiger partial charge on any atom is -0.426 e. The highest BCUT2D eigenvalue weighted by molar-refractivity contribution is 5.76. The Morgan fingerprint density at radius 3 is 2.76 bits per heavy atom. The van der Waals surface area contributed by atoms with Crippen molar-refractivity contribution in [1.29, 1.82) is 0 Å². The summed E-state index contributed by atoms with van der Waals surface area (Å²) in [7, 11) is 0. The molecule has 2 saturated heterocycles. The summed E-state index contributed by atoms with van der Waals surface area (Å²) in [6.07, 6.45) is 6.77. The van der Waals surface area contributed by atoms with Gasteiger partial charge in [0.15, 0.2) is 0 Å². The Kier molecular flexibility index (Phi) is 3.00. The number of rotatable bonds is 3. The number of hydrogen-bond donors (Lipinski definition) is 0. The van der Waals surface area contributed by atoms with Crippen LogP contribution in [-0.4, -0.2) is 28.0 Å². The first kappa shape index (κ1) is 12.6. The van der Waals surface area contributed by atoms with Crippen molar-refractivity contribution in [1.82, 2.24) is 9.78 Å². The largest absolute Gasteiger partial charge is 0.426 e. The molecule has 1 aromatic heterocycles. The van der Waals surface area contributed by atoms with Crippen molar-refractivity contribution in [2.45, 2.75) is 31.5 Å². The number of carbonyl (C=O) groups is 1. The predicted molar refractivity (Wildman–Crippen MR) is 75.2 cm³/mol. The molecule has 2 aromatic rings. The van der Waals surface area contributed by atoms with Crippen molar-refractivity contribution in [3.05, 3.63) is 42.7 Å². The Bertz CT molecular complexity index is 636. The maximum atomic E-state index is 12.2.